The lowest BCUT2D eigenvalue weighted by Gasteiger charge is -2.27. The first kappa shape index (κ1) is 22.0. The summed E-state index contributed by atoms with van der Waals surface area (Å²) in [6, 6.07) is 11.9. The van der Waals surface area contributed by atoms with Crippen LogP contribution in [0.1, 0.15) is 43.2 Å². The van der Waals surface area contributed by atoms with Crippen LogP contribution in [0.3, 0.4) is 0 Å². The Morgan fingerprint density at radius 1 is 1.12 bits per heavy atom. The van der Waals surface area contributed by atoms with Crippen LogP contribution in [-0.2, 0) is 4.74 Å². The van der Waals surface area contributed by atoms with Gasteiger partial charge in [-0.3, -0.25) is 15.0 Å². The number of ether oxygens (including phenoxy) is 1. The molecule has 0 aromatic heterocycles. The molecular formula is C24H28N4O4. The van der Waals surface area contributed by atoms with E-state index in [4.69, 9.17) is 9.84 Å². The average Bonchev–Trinajstić information content (AvgIpc) is 2.92. The Balaban J connectivity index is 1.86. The fraction of sp³-hybridized carbons (Fsp3) is 0.417. The molecule has 0 saturated heterocycles. The van der Waals surface area contributed by atoms with E-state index in [1.54, 1.807) is 24.1 Å². The van der Waals surface area contributed by atoms with Gasteiger partial charge in [-0.2, -0.15) is 5.10 Å². The summed E-state index contributed by atoms with van der Waals surface area (Å²) in [5, 5.41) is 17.5. The molecule has 0 N–H and O–H groups in total. The van der Waals surface area contributed by atoms with Crippen molar-refractivity contribution < 1.29 is 14.5 Å². The van der Waals surface area contributed by atoms with Gasteiger partial charge in [0, 0.05) is 30.7 Å². The number of rotatable bonds is 6. The zero-order chi connectivity index (χ0) is 22.7. The molecule has 2 aromatic carbocycles. The third-order valence-corrected chi connectivity index (χ3v) is 6.13. The molecule has 2 amide bonds. The molecule has 1 aliphatic carbocycles. The number of hydrogen-bond donors (Lipinski definition) is 0. The van der Waals surface area contributed by atoms with Gasteiger partial charge in [0.25, 0.3) is 5.69 Å². The van der Waals surface area contributed by atoms with Crippen LogP contribution in [0.5, 0.6) is 0 Å². The van der Waals surface area contributed by atoms with Gasteiger partial charge in [0.05, 0.1) is 35.2 Å². The number of nitro benzene ring substituents is 1. The Labute approximate surface area is 187 Å². The molecule has 32 heavy (non-hydrogen) atoms. The lowest BCUT2D eigenvalue weighted by atomic mass is 9.82. The Morgan fingerprint density at radius 2 is 1.84 bits per heavy atom. The Kier molecular flexibility index (Phi) is 6.50. The minimum atomic E-state index is -0.443. The van der Waals surface area contributed by atoms with Gasteiger partial charge in [0.15, 0.2) is 0 Å². The van der Waals surface area contributed by atoms with E-state index in [0.717, 1.165) is 48.2 Å². The third-order valence-electron chi connectivity index (χ3n) is 6.13. The van der Waals surface area contributed by atoms with Crippen LogP contribution in [0.2, 0.25) is 0 Å². The molecule has 4 rings (SSSR count). The number of methoxy groups -OCH3 is 1. The normalized spacial score (nSPS) is 17.1. The molecule has 1 aliphatic heterocycles. The summed E-state index contributed by atoms with van der Waals surface area (Å²) in [6.45, 7) is 2.67. The molecular weight excluding hydrogens is 408 g/mol. The maximum Gasteiger partial charge on any atom is 0.349 e. The van der Waals surface area contributed by atoms with Crippen LogP contribution in [0.25, 0.3) is 0 Å². The largest absolute Gasteiger partial charge is 0.383 e. The van der Waals surface area contributed by atoms with Crippen molar-refractivity contribution in [3.8, 4) is 0 Å². The van der Waals surface area contributed by atoms with Crippen molar-refractivity contribution in [3.05, 3.63) is 63.7 Å². The number of amides is 2. The quantitative estimate of drug-likeness (QED) is 0.447. The molecule has 0 bridgehead atoms. The van der Waals surface area contributed by atoms with Gasteiger partial charge in [-0.1, -0.05) is 31.4 Å². The van der Waals surface area contributed by atoms with E-state index < -0.39 is 4.92 Å². The zero-order valence-corrected chi connectivity index (χ0v) is 18.5. The minimum absolute atomic E-state index is 0.0177. The van der Waals surface area contributed by atoms with E-state index in [0.29, 0.717) is 24.8 Å². The maximum atomic E-state index is 13.7. The number of non-ortho nitro benzene ring substituents is 1. The molecule has 0 unspecified atom stereocenters. The highest BCUT2D eigenvalue weighted by Gasteiger charge is 2.34. The average molecular weight is 437 g/mol. The molecule has 8 nitrogen and oxygen atoms in total. The second-order valence-electron chi connectivity index (χ2n) is 8.35. The topological polar surface area (TPSA) is 88.3 Å². The summed E-state index contributed by atoms with van der Waals surface area (Å²) >= 11 is 0. The summed E-state index contributed by atoms with van der Waals surface area (Å²) in [6.07, 6.45) is 5.64. The summed E-state index contributed by atoms with van der Waals surface area (Å²) in [7, 11) is 1.60. The van der Waals surface area contributed by atoms with Crippen molar-refractivity contribution in [1.29, 1.82) is 0 Å². The van der Waals surface area contributed by atoms with Crippen molar-refractivity contribution in [3.63, 3.8) is 0 Å². The van der Waals surface area contributed by atoms with Gasteiger partial charge in [0.1, 0.15) is 0 Å². The molecule has 1 saturated carbocycles. The van der Waals surface area contributed by atoms with Crippen LogP contribution < -0.4 is 4.90 Å². The first-order valence-corrected chi connectivity index (χ1v) is 11.0. The minimum Gasteiger partial charge on any atom is -0.383 e. The smallest absolute Gasteiger partial charge is 0.349 e. The van der Waals surface area contributed by atoms with Gasteiger partial charge in [0.2, 0.25) is 0 Å². The first-order chi connectivity index (χ1) is 15.5. The number of carbonyl (C=O) groups is 1. The Morgan fingerprint density at radius 3 is 2.50 bits per heavy atom. The van der Waals surface area contributed by atoms with Crippen molar-refractivity contribution in [2.75, 3.05) is 25.2 Å². The molecule has 1 heterocycles. The molecule has 0 spiro atoms. The van der Waals surface area contributed by atoms with Crippen molar-refractivity contribution in [2.24, 2.45) is 11.0 Å². The van der Waals surface area contributed by atoms with Gasteiger partial charge in [-0.15, -0.1) is 0 Å². The molecule has 0 radical (unpaired) electrons. The van der Waals surface area contributed by atoms with E-state index in [2.05, 4.69) is 0 Å². The second kappa shape index (κ2) is 9.48. The molecule has 0 atom stereocenters. The van der Waals surface area contributed by atoms with Gasteiger partial charge < -0.3 is 4.74 Å². The summed E-state index contributed by atoms with van der Waals surface area (Å²) in [4.78, 5) is 26.0. The Hall–Kier alpha value is -3.26. The number of carbonyl (C=O) groups excluding carboxylic acids is 1. The first-order valence-electron chi connectivity index (χ1n) is 11.0. The number of urea groups is 1. The molecule has 168 valence electrons. The highest BCUT2D eigenvalue weighted by molar-refractivity contribution is 6.13. The van der Waals surface area contributed by atoms with Crippen LogP contribution in [0, 0.1) is 23.0 Å². The van der Waals surface area contributed by atoms with Crippen molar-refractivity contribution >= 4 is 28.8 Å². The number of anilines is 2. The van der Waals surface area contributed by atoms with E-state index >= 15 is 0 Å². The highest BCUT2D eigenvalue weighted by atomic mass is 16.6. The predicted molar refractivity (Wildman–Crippen MR) is 124 cm³/mol. The van der Waals surface area contributed by atoms with E-state index in [9.17, 15) is 14.9 Å². The van der Waals surface area contributed by atoms with Gasteiger partial charge in [-0.05, 0) is 43.5 Å². The van der Waals surface area contributed by atoms with Crippen molar-refractivity contribution in [1.82, 2.24) is 5.01 Å². The van der Waals surface area contributed by atoms with Crippen LogP contribution in [-0.4, -0.2) is 41.9 Å². The SMILES string of the molecule is COCCN1N=C(C2CCCCC2)c2ccc(C)cc2N(c2ccc([N+](=O)[O-])cc2)C1=O. The van der Waals surface area contributed by atoms with Crippen molar-refractivity contribution in [2.45, 2.75) is 39.0 Å². The number of benzene rings is 2. The summed E-state index contributed by atoms with van der Waals surface area (Å²) in [5.74, 6) is 0.292. The van der Waals surface area contributed by atoms with Crippen LogP contribution >= 0.6 is 0 Å². The number of nitrogens with zero attached hydrogens (tertiary/aromatic N) is 4. The van der Waals surface area contributed by atoms with E-state index in [-0.39, 0.29) is 11.7 Å². The summed E-state index contributed by atoms with van der Waals surface area (Å²) < 4.78 is 5.24. The molecule has 2 aromatic rings. The Bertz CT molecular complexity index is 1030. The van der Waals surface area contributed by atoms with Crippen LogP contribution in [0.15, 0.2) is 47.6 Å². The number of fused-ring (bicyclic) bond motifs is 1. The third kappa shape index (κ3) is 4.36. The van der Waals surface area contributed by atoms with E-state index in [1.165, 1.54) is 23.6 Å². The van der Waals surface area contributed by atoms with E-state index in [1.807, 2.05) is 25.1 Å². The van der Waals surface area contributed by atoms with Gasteiger partial charge >= 0.3 is 6.03 Å². The number of hydrazone groups is 1. The monoisotopic (exact) mass is 436 g/mol. The highest BCUT2D eigenvalue weighted by Crippen LogP contribution is 2.38. The number of hydrogen-bond acceptors (Lipinski definition) is 5. The van der Waals surface area contributed by atoms with Gasteiger partial charge in [-0.25, -0.2) is 9.80 Å². The predicted octanol–water partition coefficient (Wildman–Crippen LogP) is 5.41. The zero-order valence-electron chi connectivity index (χ0n) is 18.5. The standard InChI is InChI=1S/C24H28N4O4/c1-17-8-13-21-22(16-17)27(19-9-11-20(12-10-19)28(30)31)24(29)26(14-15-32-2)25-23(21)18-6-4-3-5-7-18/h8-13,16,18H,3-7,14-15H2,1-2H3. The molecule has 1 fully saturated rings. The number of aryl methyl sites for hydroxylation is 1. The lowest BCUT2D eigenvalue weighted by Crippen LogP contribution is -2.38. The maximum absolute atomic E-state index is 13.7. The number of nitro groups is 1. The molecule has 8 heteroatoms. The summed E-state index contributed by atoms with van der Waals surface area (Å²) in [5.41, 5.74) is 4.21. The van der Waals surface area contributed by atoms with Crippen LogP contribution in [0.4, 0.5) is 21.9 Å². The second-order valence-corrected chi connectivity index (χ2v) is 8.35. The lowest BCUT2D eigenvalue weighted by molar-refractivity contribution is -0.384. The fourth-order valence-corrected chi connectivity index (χ4v) is 4.46. The molecule has 2 aliphatic rings. The fourth-order valence-electron chi connectivity index (χ4n) is 4.46.